The molecular weight excluding hydrogens is 415 g/mol. The number of hydrogen-bond donors (Lipinski definition) is 0. The van der Waals surface area contributed by atoms with E-state index >= 15 is 0 Å². The van der Waals surface area contributed by atoms with E-state index in [9.17, 15) is 9.59 Å². The maximum absolute atomic E-state index is 14.0. The Morgan fingerprint density at radius 3 is 2.06 bits per heavy atom. The predicted molar refractivity (Wildman–Crippen MR) is 130 cm³/mol. The highest BCUT2D eigenvalue weighted by Gasteiger charge is 2.57. The third-order valence-corrected chi connectivity index (χ3v) is 8.81. The summed E-state index contributed by atoms with van der Waals surface area (Å²) in [6, 6.07) is 6.25. The van der Waals surface area contributed by atoms with Crippen LogP contribution in [0.15, 0.2) is 18.2 Å². The van der Waals surface area contributed by atoms with Crippen molar-refractivity contribution in [2.75, 3.05) is 18.0 Å². The molecule has 0 radical (unpaired) electrons. The van der Waals surface area contributed by atoms with Crippen molar-refractivity contribution < 1.29 is 18.9 Å². The fourth-order valence-electron chi connectivity index (χ4n) is 5.79. The van der Waals surface area contributed by atoms with E-state index in [0.29, 0.717) is 12.8 Å². The Labute approximate surface area is 198 Å². The van der Waals surface area contributed by atoms with Gasteiger partial charge in [0.1, 0.15) is 5.78 Å². The standard InChI is InChI=1S/C26H37BN2O4/c1-23(2,3)28-12-10-26(11-13-28)20-9-8-17(27-32-24(4,5)25(6,7)33-27)14-21(20)29(22(26)31)18-15-19(30)16-18/h8-9,14,18H,10-13,15-16H2,1-7H3. The Bertz CT molecular complexity index is 980. The first-order valence-electron chi connectivity index (χ1n) is 12.4. The van der Waals surface area contributed by atoms with Gasteiger partial charge in [-0.2, -0.15) is 0 Å². The summed E-state index contributed by atoms with van der Waals surface area (Å²) in [7, 11) is -0.473. The van der Waals surface area contributed by atoms with Gasteiger partial charge in [0.05, 0.1) is 22.7 Å². The average molecular weight is 452 g/mol. The first-order valence-corrected chi connectivity index (χ1v) is 12.4. The number of piperidine rings is 1. The third kappa shape index (κ3) is 3.42. The predicted octanol–water partition coefficient (Wildman–Crippen LogP) is 3.20. The molecule has 1 aromatic carbocycles. The zero-order chi connectivity index (χ0) is 24.0. The van der Waals surface area contributed by atoms with E-state index in [1.165, 1.54) is 0 Å². The normalized spacial score (nSPS) is 26.8. The lowest BCUT2D eigenvalue weighted by atomic mass is 9.71. The molecule has 33 heavy (non-hydrogen) atoms. The van der Waals surface area contributed by atoms with Crippen LogP contribution in [0.4, 0.5) is 5.69 Å². The Hall–Kier alpha value is -1.70. The van der Waals surface area contributed by atoms with Crippen LogP contribution in [0.2, 0.25) is 0 Å². The molecule has 0 atom stereocenters. The molecule has 2 saturated heterocycles. The summed E-state index contributed by atoms with van der Waals surface area (Å²) in [6.07, 6.45) is 2.53. The molecule has 3 fully saturated rings. The first kappa shape index (κ1) is 23.1. The summed E-state index contributed by atoms with van der Waals surface area (Å²) in [5.41, 5.74) is 1.74. The minimum absolute atomic E-state index is 0.0303. The van der Waals surface area contributed by atoms with Gasteiger partial charge in [-0.05, 0) is 78.4 Å². The van der Waals surface area contributed by atoms with Gasteiger partial charge in [0.25, 0.3) is 0 Å². The lowest BCUT2D eigenvalue weighted by Crippen LogP contribution is -2.56. The highest BCUT2D eigenvalue weighted by Crippen LogP contribution is 2.50. The average Bonchev–Trinajstić information content (AvgIpc) is 3.05. The van der Waals surface area contributed by atoms with Crippen LogP contribution in [0.3, 0.4) is 0 Å². The number of carbonyl (C=O) groups is 2. The van der Waals surface area contributed by atoms with Gasteiger partial charge in [0.2, 0.25) is 5.91 Å². The number of benzene rings is 1. The van der Waals surface area contributed by atoms with Gasteiger partial charge in [0.15, 0.2) is 0 Å². The molecule has 0 bridgehead atoms. The van der Waals surface area contributed by atoms with Gasteiger partial charge < -0.3 is 14.2 Å². The number of amides is 1. The van der Waals surface area contributed by atoms with Crippen LogP contribution in [0.25, 0.3) is 0 Å². The van der Waals surface area contributed by atoms with Crippen LogP contribution in [0, 0.1) is 0 Å². The molecule has 7 heteroatoms. The molecule has 0 unspecified atom stereocenters. The summed E-state index contributed by atoms with van der Waals surface area (Å²) < 4.78 is 12.6. The number of nitrogens with zero attached hydrogens (tertiary/aromatic N) is 2. The highest BCUT2D eigenvalue weighted by atomic mass is 16.7. The van der Waals surface area contributed by atoms with Crippen molar-refractivity contribution in [2.45, 2.75) is 102 Å². The summed E-state index contributed by atoms with van der Waals surface area (Å²) in [6.45, 7) is 16.7. The van der Waals surface area contributed by atoms with E-state index in [2.05, 4.69) is 43.9 Å². The van der Waals surface area contributed by atoms with Crippen molar-refractivity contribution in [1.82, 2.24) is 4.90 Å². The summed E-state index contributed by atoms with van der Waals surface area (Å²) in [5, 5.41) is 0. The van der Waals surface area contributed by atoms with Crippen LogP contribution in [0.1, 0.15) is 79.7 Å². The molecule has 178 valence electrons. The number of fused-ring (bicyclic) bond motifs is 2. The lowest BCUT2D eigenvalue weighted by Gasteiger charge is -2.45. The van der Waals surface area contributed by atoms with Gasteiger partial charge in [-0.25, -0.2) is 0 Å². The number of rotatable bonds is 2. The van der Waals surface area contributed by atoms with Gasteiger partial charge in [0, 0.05) is 37.2 Å². The fraction of sp³-hybridized carbons (Fsp3) is 0.692. The maximum atomic E-state index is 14.0. The molecule has 1 aliphatic carbocycles. The minimum atomic E-state index is -0.496. The summed E-state index contributed by atoms with van der Waals surface area (Å²) in [5.74, 6) is 0.412. The molecule has 4 aliphatic rings. The molecule has 1 spiro atoms. The number of carbonyl (C=O) groups excluding carboxylic acids is 2. The molecule has 0 aromatic heterocycles. The smallest absolute Gasteiger partial charge is 0.399 e. The van der Waals surface area contributed by atoms with E-state index < -0.39 is 23.7 Å². The zero-order valence-electron chi connectivity index (χ0n) is 21.2. The SMILES string of the molecule is CC(C)(C)N1CCC2(CC1)C(=O)N(C1CC(=O)C1)c1cc(B3OC(C)(C)C(C)(C)O3)ccc12. The van der Waals surface area contributed by atoms with E-state index in [-0.39, 0.29) is 23.3 Å². The van der Waals surface area contributed by atoms with Gasteiger partial charge in [-0.3, -0.25) is 14.5 Å². The first-order chi connectivity index (χ1) is 15.3. The lowest BCUT2D eigenvalue weighted by molar-refractivity contribution is -0.129. The van der Waals surface area contributed by atoms with E-state index in [0.717, 1.165) is 42.6 Å². The quantitative estimate of drug-likeness (QED) is 0.646. The van der Waals surface area contributed by atoms with Crippen molar-refractivity contribution in [3.63, 3.8) is 0 Å². The largest absolute Gasteiger partial charge is 0.494 e. The van der Waals surface area contributed by atoms with Crippen LogP contribution in [-0.4, -0.2) is 59.6 Å². The number of hydrogen-bond acceptors (Lipinski definition) is 5. The maximum Gasteiger partial charge on any atom is 0.494 e. The second-order valence-corrected chi connectivity index (χ2v) is 12.4. The number of likely N-dealkylation sites (tertiary alicyclic amines) is 1. The molecule has 3 aliphatic heterocycles. The number of anilines is 1. The molecular formula is C26H37BN2O4. The van der Waals surface area contributed by atoms with Crippen LogP contribution in [-0.2, 0) is 24.3 Å². The van der Waals surface area contributed by atoms with Gasteiger partial charge in [-0.15, -0.1) is 0 Å². The van der Waals surface area contributed by atoms with E-state index in [1.807, 2.05) is 32.6 Å². The van der Waals surface area contributed by atoms with Crippen molar-refractivity contribution in [2.24, 2.45) is 0 Å². The fourth-order valence-corrected chi connectivity index (χ4v) is 5.79. The van der Waals surface area contributed by atoms with E-state index in [4.69, 9.17) is 9.31 Å². The van der Waals surface area contributed by atoms with Crippen LogP contribution >= 0.6 is 0 Å². The zero-order valence-corrected chi connectivity index (χ0v) is 21.2. The van der Waals surface area contributed by atoms with Crippen molar-refractivity contribution >= 4 is 30.0 Å². The van der Waals surface area contributed by atoms with Crippen LogP contribution in [0.5, 0.6) is 0 Å². The summed E-state index contributed by atoms with van der Waals surface area (Å²) in [4.78, 5) is 30.3. The molecule has 1 saturated carbocycles. The Morgan fingerprint density at radius 2 is 1.55 bits per heavy atom. The second-order valence-electron chi connectivity index (χ2n) is 12.4. The second kappa shape index (κ2) is 7.16. The Kier molecular flexibility index (Phi) is 5.00. The van der Waals surface area contributed by atoms with Crippen LogP contribution < -0.4 is 10.4 Å². The minimum Gasteiger partial charge on any atom is -0.399 e. The van der Waals surface area contributed by atoms with Crippen molar-refractivity contribution in [3.8, 4) is 0 Å². The molecule has 6 nitrogen and oxygen atoms in total. The number of ketones is 1. The van der Waals surface area contributed by atoms with Crippen molar-refractivity contribution in [3.05, 3.63) is 23.8 Å². The van der Waals surface area contributed by atoms with Crippen molar-refractivity contribution in [1.29, 1.82) is 0 Å². The van der Waals surface area contributed by atoms with E-state index in [1.54, 1.807) is 0 Å². The monoisotopic (exact) mass is 452 g/mol. The molecule has 3 heterocycles. The molecule has 1 aromatic rings. The molecule has 1 amide bonds. The van der Waals surface area contributed by atoms with Gasteiger partial charge in [-0.1, -0.05) is 12.1 Å². The Morgan fingerprint density at radius 1 is 0.970 bits per heavy atom. The third-order valence-electron chi connectivity index (χ3n) is 8.81. The molecule has 5 rings (SSSR count). The Balaban J connectivity index is 1.51. The highest BCUT2D eigenvalue weighted by molar-refractivity contribution is 6.62. The number of Topliss-reactive ketones (excluding diaryl/α,β-unsaturated/α-hetero) is 1. The molecule has 0 N–H and O–H groups in total. The topological polar surface area (TPSA) is 59.1 Å². The summed E-state index contributed by atoms with van der Waals surface area (Å²) >= 11 is 0. The van der Waals surface area contributed by atoms with Gasteiger partial charge >= 0.3 is 7.12 Å².